The Hall–Kier alpha value is -2.57. The summed E-state index contributed by atoms with van der Waals surface area (Å²) in [5.41, 5.74) is 0.116. The van der Waals surface area contributed by atoms with Crippen LogP contribution in [-0.2, 0) is 30.4 Å². The van der Waals surface area contributed by atoms with Gasteiger partial charge < -0.3 is 19.5 Å². The monoisotopic (exact) mass is 351 g/mol. The smallest absolute Gasteiger partial charge is 0.408 e. The van der Waals surface area contributed by atoms with Gasteiger partial charge in [0.05, 0.1) is 7.11 Å². The lowest BCUT2D eigenvalue weighted by molar-refractivity contribution is -0.148. The first-order chi connectivity index (χ1) is 11.7. The molecular formula is C18H25NO6. The Labute approximate surface area is 147 Å². The van der Waals surface area contributed by atoms with Crippen molar-refractivity contribution < 1.29 is 28.6 Å². The van der Waals surface area contributed by atoms with Gasteiger partial charge in [-0.15, -0.1) is 0 Å². The number of rotatable bonds is 7. The van der Waals surface area contributed by atoms with Crippen molar-refractivity contribution in [1.29, 1.82) is 0 Å². The van der Waals surface area contributed by atoms with E-state index in [-0.39, 0.29) is 19.4 Å². The Kier molecular flexibility index (Phi) is 7.91. The highest BCUT2D eigenvalue weighted by atomic mass is 16.6. The van der Waals surface area contributed by atoms with Crippen molar-refractivity contribution in [3.63, 3.8) is 0 Å². The van der Waals surface area contributed by atoms with Gasteiger partial charge >= 0.3 is 18.0 Å². The number of carbonyl (C=O) groups excluding carboxylic acids is 3. The van der Waals surface area contributed by atoms with Crippen LogP contribution in [0.1, 0.15) is 39.2 Å². The maximum Gasteiger partial charge on any atom is 0.408 e. The largest absolute Gasteiger partial charge is 0.469 e. The molecule has 1 aromatic rings. The van der Waals surface area contributed by atoms with E-state index in [9.17, 15) is 14.4 Å². The number of esters is 2. The van der Waals surface area contributed by atoms with Gasteiger partial charge in [-0.05, 0) is 32.8 Å². The van der Waals surface area contributed by atoms with Gasteiger partial charge in [0.2, 0.25) is 0 Å². The number of nitrogens with one attached hydrogen (secondary N) is 1. The highest BCUT2D eigenvalue weighted by Crippen LogP contribution is 2.10. The maximum absolute atomic E-state index is 12.3. The zero-order chi connectivity index (χ0) is 18.9. The molecule has 25 heavy (non-hydrogen) atoms. The molecule has 0 aliphatic carbocycles. The minimum atomic E-state index is -1.00. The zero-order valence-electron chi connectivity index (χ0n) is 15.0. The molecule has 0 spiro atoms. The van der Waals surface area contributed by atoms with E-state index < -0.39 is 29.7 Å². The number of ether oxygens (including phenoxy) is 3. The molecule has 1 unspecified atom stereocenters. The van der Waals surface area contributed by atoms with Gasteiger partial charge in [-0.25, -0.2) is 9.59 Å². The Morgan fingerprint density at radius 2 is 1.76 bits per heavy atom. The second kappa shape index (κ2) is 9.66. The summed E-state index contributed by atoms with van der Waals surface area (Å²) in [5.74, 6) is -1.12. The summed E-state index contributed by atoms with van der Waals surface area (Å²) in [6.45, 7) is 5.21. The van der Waals surface area contributed by atoms with Crippen molar-refractivity contribution >= 4 is 18.0 Å². The summed E-state index contributed by atoms with van der Waals surface area (Å²) >= 11 is 0. The standard InChI is InChI=1S/C18H25NO6/c1-18(2,3)25-17(22)19-14(10-11-15(20)23-4)16(21)24-12-13-8-6-5-7-9-13/h5-9,14H,10-12H2,1-4H3,(H,19,22). The van der Waals surface area contributed by atoms with E-state index in [0.29, 0.717) is 0 Å². The summed E-state index contributed by atoms with van der Waals surface area (Å²) in [6.07, 6.45) is -0.726. The molecule has 0 aromatic heterocycles. The van der Waals surface area contributed by atoms with Crippen LogP contribution in [0.2, 0.25) is 0 Å². The lowest BCUT2D eigenvalue weighted by Crippen LogP contribution is -2.44. The molecule has 0 bridgehead atoms. The van der Waals surface area contributed by atoms with Crippen LogP contribution in [0.5, 0.6) is 0 Å². The second-order valence-electron chi connectivity index (χ2n) is 6.41. The second-order valence-corrected chi connectivity index (χ2v) is 6.41. The molecule has 7 nitrogen and oxygen atoms in total. The highest BCUT2D eigenvalue weighted by Gasteiger charge is 2.26. The molecule has 0 saturated carbocycles. The number of hydrogen-bond acceptors (Lipinski definition) is 6. The zero-order valence-corrected chi connectivity index (χ0v) is 15.0. The fourth-order valence-corrected chi connectivity index (χ4v) is 1.89. The normalized spacial score (nSPS) is 12.0. The summed E-state index contributed by atoms with van der Waals surface area (Å²) in [5, 5.41) is 2.45. The van der Waals surface area contributed by atoms with Gasteiger partial charge in [0.25, 0.3) is 0 Å². The average Bonchev–Trinajstić information content (AvgIpc) is 2.55. The number of methoxy groups -OCH3 is 1. The van der Waals surface area contributed by atoms with Crippen LogP contribution >= 0.6 is 0 Å². The van der Waals surface area contributed by atoms with Crippen molar-refractivity contribution in [2.75, 3.05) is 7.11 Å². The molecule has 1 rings (SSSR count). The minimum Gasteiger partial charge on any atom is -0.469 e. The number of amides is 1. The van der Waals surface area contributed by atoms with E-state index in [1.165, 1.54) is 7.11 Å². The Balaban J connectivity index is 2.66. The minimum absolute atomic E-state index is 0.0304. The number of alkyl carbamates (subject to hydrolysis) is 1. The van der Waals surface area contributed by atoms with E-state index in [1.54, 1.807) is 20.8 Å². The van der Waals surface area contributed by atoms with E-state index in [1.807, 2.05) is 30.3 Å². The predicted octanol–water partition coefficient (Wildman–Crippen LogP) is 2.58. The lowest BCUT2D eigenvalue weighted by Gasteiger charge is -2.22. The van der Waals surface area contributed by atoms with Gasteiger partial charge in [-0.1, -0.05) is 30.3 Å². The number of hydrogen-bond donors (Lipinski definition) is 1. The van der Waals surface area contributed by atoms with Gasteiger partial charge in [-0.2, -0.15) is 0 Å². The van der Waals surface area contributed by atoms with Crippen LogP contribution in [0.3, 0.4) is 0 Å². The summed E-state index contributed by atoms with van der Waals surface area (Å²) in [7, 11) is 1.26. The molecule has 0 radical (unpaired) electrons. The van der Waals surface area contributed by atoms with Crippen LogP contribution in [0.4, 0.5) is 4.79 Å². The molecule has 7 heteroatoms. The molecular weight excluding hydrogens is 326 g/mol. The fraction of sp³-hybridized carbons (Fsp3) is 0.500. The van der Waals surface area contributed by atoms with Crippen LogP contribution in [-0.4, -0.2) is 36.8 Å². The molecule has 1 N–H and O–H groups in total. The molecule has 1 atom stereocenters. The van der Waals surface area contributed by atoms with E-state index in [4.69, 9.17) is 9.47 Å². The Morgan fingerprint density at radius 3 is 2.32 bits per heavy atom. The molecule has 0 aliphatic heterocycles. The summed E-state index contributed by atoms with van der Waals surface area (Å²) in [4.78, 5) is 35.5. The first-order valence-electron chi connectivity index (χ1n) is 7.98. The van der Waals surface area contributed by atoms with E-state index in [0.717, 1.165) is 5.56 Å². The van der Waals surface area contributed by atoms with Gasteiger partial charge in [0, 0.05) is 6.42 Å². The van der Waals surface area contributed by atoms with Gasteiger partial charge in [0.1, 0.15) is 18.2 Å². The molecule has 0 saturated heterocycles. The number of benzene rings is 1. The van der Waals surface area contributed by atoms with E-state index in [2.05, 4.69) is 10.1 Å². The average molecular weight is 351 g/mol. The van der Waals surface area contributed by atoms with Crippen molar-refractivity contribution in [2.24, 2.45) is 0 Å². The fourth-order valence-electron chi connectivity index (χ4n) is 1.89. The predicted molar refractivity (Wildman–Crippen MR) is 90.6 cm³/mol. The quantitative estimate of drug-likeness (QED) is 0.600. The first-order valence-corrected chi connectivity index (χ1v) is 7.98. The Bertz CT molecular complexity index is 579. The third kappa shape index (κ3) is 8.74. The van der Waals surface area contributed by atoms with Gasteiger partial charge in [0.15, 0.2) is 0 Å². The van der Waals surface area contributed by atoms with Crippen molar-refractivity contribution in [2.45, 2.75) is 51.9 Å². The van der Waals surface area contributed by atoms with Gasteiger partial charge in [-0.3, -0.25) is 4.79 Å². The van der Waals surface area contributed by atoms with E-state index >= 15 is 0 Å². The maximum atomic E-state index is 12.3. The summed E-state index contributed by atoms with van der Waals surface area (Å²) < 4.78 is 14.9. The van der Waals surface area contributed by atoms with Crippen LogP contribution in [0.25, 0.3) is 0 Å². The van der Waals surface area contributed by atoms with Crippen LogP contribution in [0.15, 0.2) is 30.3 Å². The SMILES string of the molecule is COC(=O)CCC(NC(=O)OC(C)(C)C)C(=O)OCc1ccccc1. The van der Waals surface area contributed by atoms with Crippen molar-refractivity contribution in [3.8, 4) is 0 Å². The number of carbonyl (C=O) groups is 3. The topological polar surface area (TPSA) is 90.9 Å². The lowest BCUT2D eigenvalue weighted by atomic mass is 10.1. The molecule has 0 aliphatic rings. The first kappa shape index (κ1) is 20.5. The van der Waals surface area contributed by atoms with Crippen LogP contribution in [0, 0.1) is 0 Å². The molecule has 1 amide bonds. The highest BCUT2D eigenvalue weighted by molar-refractivity contribution is 5.82. The molecule has 0 fully saturated rings. The van der Waals surface area contributed by atoms with Crippen molar-refractivity contribution in [1.82, 2.24) is 5.32 Å². The molecule has 0 heterocycles. The van der Waals surface area contributed by atoms with Crippen molar-refractivity contribution in [3.05, 3.63) is 35.9 Å². The third-order valence-electron chi connectivity index (χ3n) is 3.06. The molecule has 138 valence electrons. The summed E-state index contributed by atoms with van der Waals surface area (Å²) in [6, 6.07) is 8.15. The third-order valence-corrected chi connectivity index (χ3v) is 3.06. The Morgan fingerprint density at radius 1 is 1.12 bits per heavy atom. The van der Waals surface area contributed by atoms with Crippen LogP contribution < -0.4 is 5.32 Å². The molecule has 1 aromatic carbocycles.